The molecule has 1 aliphatic rings. The average molecular weight is 284 g/mol. The predicted molar refractivity (Wildman–Crippen MR) is 71.8 cm³/mol. The van der Waals surface area contributed by atoms with Crippen LogP contribution in [0, 0.1) is 5.41 Å². The van der Waals surface area contributed by atoms with Gasteiger partial charge in [0.1, 0.15) is 0 Å². The van der Waals surface area contributed by atoms with Gasteiger partial charge in [0.25, 0.3) is 0 Å². The van der Waals surface area contributed by atoms with E-state index in [2.05, 4.69) is 0 Å². The molecule has 1 nitrogen and oxygen atoms in total. The highest BCUT2D eigenvalue weighted by Gasteiger charge is 2.39. The van der Waals surface area contributed by atoms with Crippen molar-refractivity contribution in [1.82, 2.24) is 0 Å². The minimum atomic E-state index is -4.40. The number of carbonyl (C=O) groups excluding carboxylic acids is 1. The molecule has 20 heavy (non-hydrogen) atoms. The maximum absolute atomic E-state index is 13.2. The largest absolute Gasteiger partial charge is 0.416 e. The number of alkyl halides is 3. The summed E-state index contributed by atoms with van der Waals surface area (Å²) in [5, 5.41) is 0. The lowest BCUT2D eigenvalue weighted by Crippen LogP contribution is -2.24. The Labute approximate surface area is 117 Å². The van der Waals surface area contributed by atoms with Crippen LogP contribution in [0.4, 0.5) is 13.2 Å². The molecule has 1 aromatic carbocycles. The van der Waals surface area contributed by atoms with Crippen LogP contribution in [0.1, 0.15) is 67.4 Å². The van der Waals surface area contributed by atoms with Gasteiger partial charge in [-0.15, -0.1) is 0 Å². The fourth-order valence-electron chi connectivity index (χ4n) is 3.02. The summed E-state index contributed by atoms with van der Waals surface area (Å²) >= 11 is 0. The molecule has 1 aromatic rings. The molecule has 0 N–H and O–H groups in total. The Hall–Kier alpha value is -1.32. The Morgan fingerprint density at radius 3 is 2.40 bits per heavy atom. The first kappa shape index (κ1) is 15.1. The number of hydrogen-bond donors (Lipinski definition) is 0. The fraction of sp³-hybridized carbons (Fsp3) is 0.562. The molecule has 1 unspecified atom stereocenters. The second-order valence-electron chi connectivity index (χ2n) is 6.69. The third-order valence-corrected chi connectivity index (χ3v) is 3.70. The average Bonchev–Trinajstić information content (AvgIpc) is 2.29. The van der Waals surface area contributed by atoms with Crippen molar-refractivity contribution in [3.8, 4) is 0 Å². The molecule has 0 saturated carbocycles. The topological polar surface area (TPSA) is 17.1 Å². The molecule has 4 heteroatoms. The highest BCUT2D eigenvalue weighted by atomic mass is 19.4. The minimum Gasteiger partial charge on any atom is -0.294 e. The van der Waals surface area contributed by atoms with Crippen molar-refractivity contribution in [3.63, 3.8) is 0 Å². The maximum Gasteiger partial charge on any atom is 0.416 e. The Morgan fingerprint density at radius 1 is 1.20 bits per heavy atom. The van der Waals surface area contributed by atoms with Crippen LogP contribution in [0.15, 0.2) is 18.2 Å². The second kappa shape index (κ2) is 4.90. The summed E-state index contributed by atoms with van der Waals surface area (Å²) in [4.78, 5) is 11.9. The Morgan fingerprint density at radius 2 is 1.85 bits per heavy atom. The molecule has 1 atom stereocenters. The predicted octanol–water partition coefficient (Wildman–Crippen LogP) is 5.20. The third kappa shape index (κ3) is 3.05. The lowest BCUT2D eigenvalue weighted by molar-refractivity contribution is -0.138. The zero-order valence-electron chi connectivity index (χ0n) is 12.0. The monoisotopic (exact) mass is 284 g/mol. The van der Waals surface area contributed by atoms with E-state index in [0.29, 0.717) is 19.3 Å². The smallest absolute Gasteiger partial charge is 0.294 e. The number of benzene rings is 1. The van der Waals surface area contributed by atoms with Crippen molar-refractivity contribution in [2.24, 2.45) is 5.41 Å². The molecular weight excluding hydrogens is 265 g/mol. The highest BCUT2D eigenvalue weighted by Crippen LogP contribution is 2.45. The first-order valence-corrected chi connectivity index (χ1v) is 6.83. The van der Waals surface area contributed by atoms with Crippen LogP contribution >= 0.6 is 0 Å². The van der Waals surface area contributed by atoms with Gasteiger partial charge in [0.2, 0.25) is 0 Å². The fourth-order valence-corrected chi connectivity index (χ4v) is 3.02. The minimum absolute atomic E-state index is 0.0684. The summed E-state index contributed by atoms with van der Waals surface area (Å²) in [6, 6.07) is 3.95. The maximum atomic E-state index is 13.2. The van der Waals surface area contributed by atoms with E-state index in [1.807, 2.05) is 20.8 Å². The number of fused-ring (bicyclic) bond motifs is 1. The first-order chi connectivity index (χ1) is 9.09. The van der Waals surface area contributed by atoms with Gasteiger partial charge in [-0.2, -0.15) is 13.2 Å². The van der Waals surface area contributed by atoms with E-state index in [9.17, 15) is 18.0 Å². The summed E-state index contributed by atoms with van der Waals surface area (Å²) in [5.74, 6) is -0.364. The number of carbonyl (C=O) groups is 1. The van der Waals surface area contributed by atoms with Crippen LogP contribution in [0.5, 0.6) is 0 Å². The summed E-state index contributed by atoms with van der Waals surface area (Å²) < 4.78 is 39.6. The summed E-state index contributed by atoms with van der Waals surface area (Å²) in [6.07, 6.45) is -2.90. The van der Waals surface area contributed by atoms with Gasteiger partial charge in [-0.3, -0.25) is 4.79 Å². The number of hydrogen-bond acceptors (Lipinski definition) is 1. The number of ketones is 1. The second-order valence-corrected chi connectivity index (χ2v) is 6.69. The Balaban J connectivity index is 2.56. The molecule has 0 bridgehead atoms. The molecule has 1 aliphatic carbocycles. The molecule has 0 radical (unpaired) electrons. The standard InChI is InChI=1S/C16H19F3O/c1-15(2,3)9-10-7-8-13(20)11-5-4-6-12(14(10)11)16(17,18)19/h4-6,10H,7-9H2,1-3H3. The SMILES string of the molecule is CC(C)(C)CC1CCC(=O)c2cccc(C(F)(F)F)c21. The van der Waals surface area contributed by atoms with Crippen molar-refractivity contribution in [2.75, 3.05) is 0 Å². The van der Waals surface area contributed by atoms with E-state index in [1.54, 1.807) is 0 Å². The van der Waals surface area contributed by atoms with Gasteiger partial charge in [-0.1, -0.05) is 32.9 Å². The van der Waals surface area contributed by atoms with E-state index >= 15 is 0 Å². The Kier molecular flexibility index (Phi) is 3.69. The van der Waals surface area contributed by atoms with Gasteiger partial charge in [-0.25, -0.2) is 0 Å². The zero-order valence-corrected chi connectivity index (χ0v) is 12.0. The normalized spacial score (nSPS) is 19.9. The molecular formula is C16H19F3O. The molecule has 0 aliphatic heterocycles. The summed E-state index contributed by atoms with van der Waals surface area (Å²) in [7, 11) is 0. The third-order valence-electron chi connectivity index (χ3n) is 3.70. The number of rotatable bonds is 1. The van der Waals surface area contributed by atoms with Crippen LogP contribution in [-0.4, -0.2) is 5.78 Å². The van der Waals surface area contributed by atoms with E-state index < -0.39 is 11.7 Å². The van der Waals surface area contributed by atoms with Crippen LogP contribution < -0.4 is 0 Å². The first-order valence-electron chi connectivity index (χ1n) is 6.83. The molecule has 0 spiro atoms. The van der Waals surface area contributed by atoms with Gasteiger partial charge in [0.15, 0.2) is 5.78 Å². The molecule has 2 rings (SSSR count). The summed E-state index contributed by atoms with van der Waals surface area (Å²) in [6.45, 7) is 6.04. The summed E-state index contributed by atoms with van der Waals surface area (Å²) in [5.41, 5.74) is -0.232. The highest BCUT2D eigenvalue weighted by molar-refractivity contribution is 5.99. The zero-order chi connectivity index (χ0) is 15.1. The van der Waals surface area contributed by atoms with Gasteiger partial charge in [-0.05, 0) is 35.8 Å². The molecule has 0 aromatic heterocycles. The lowest BCUT2D eigenvalue weighted by atomic mass is 9.72. The van der Waals surface area contributed by atoms with E-state index in [4.69, 9.17) is 0 Å². The molecule has 0 fully saturated rings. The van der Waals surface area contributed by atoms with Crippen molar-refractivity contribution in [2.45, 2.75) is 52.1 Å². The van der Waals surface area contributed by atoms with E-state index in [1.165, 1.54) is 12.1 Å². The van der Waals surface area contributed by atoms with E-state index in [-0.39, 0.29) is 28.2 Å². The lowest BCUT2D eigenvalue weighted by Gasteiger charge is -2.32. The van der Waals surface area contributed by atoms with Crippen molar-refractivity contribution in [1.29, 1.82) is 0 Å². The van der Waals surface area contributed by atoms with Crippen LogP contribution in [0.25, 0.3) is 0 Å². The van der Waals surface area contributed by atoms with Gasteiger partial charge in [0.05, 0.1) is 5.56 Å². The molecule has 0 heterocycles. The van der Waals surface area contributed by atoms with Gasteiger partial charge in [0, 0.05) is 12.0 Å². The number of Topliss-reactive ketones (excluding diaryl/α,β-unsaturated/α-hetero) is 1. The molecule has 0 saturated heterocycles. The van der Waals surface area contributed by atoms with Crippen LogP contribution in [0.2, 0.25) is 0 Å². The molecule has 0 amide bonds. The number of halogens is 3. The van der Waals surface area contributed by atoms with E-state index in [0.717, 1.165) is 6.07 Å². The van der Waals surface area contributed by atoms with Crippen molar-refractivity contribution < 1.29 is 18.0 Å². The van der Waals surface area contributed by atoms with Crippen molar-refractivity contribution in [3.05, 3.63) is 34.9 Å². The van der Waals surface area contributed by atoms with Crippen LogP contribution in [0.3, 0.4) is 0 Å². The Bertz CT molecular complexity index is 524. The van der Waals surface area contributed by atoms with Gasteiger partial charge >= 0.3 is 6.18 Å². The quantitative estimate of drug-likeness (QED) is 0.692. The van der Waals surface area contributed by atoms with Gasteiger partial charge < -0.3 is 0 Å². The van der Waals surface area contributed by atoms with Crippen LogP contribution in [-0.2, 0) is 6.18 Å². The molecule has 110 valence electrons. The van der Waals surface area contributed by atoms with Crippen molar-refractivity contribution >= 4 is 5.78 Å².